The van der Waals surface area contributed by atoms with Gasteiger partial charge in [-0.15, -0.1) is 5.10 Å². The van der Waals surface area contributed by atoms with Gasteiger partial charge in [-0.2, -0.15) is 13.2 Å². The molecular weight excluding hydrogens is 335 g/mol. The van der Waals surface area contributed by atoms with Crippen LogP contribution >= 0.6 is 12.2 Å². The molecule has 0 atom stereocenters. The van der Waals surface area contributed by atoms with Crippen LogP contribution in [0.15, 0.2) is 28.7 Å². The summed E-state index contributed by atoms with van der Waals surface area (Å²) in [6, 6.07) is 6.30. The molecule has 1 aromatic heterocycles. The summed E-state index contributed by atoms with van der Waals surface area (Å²) in [5, 5.41) is 8.78. The van der Waals surface area contributed by atoms with E-state index in [4.69, 9.17) is 16.6 Å². The zero-order valence-corrected chi connectivity index (χ0v) is 12.5. The van der Waals surface area contributed by atoms with Crippen molar-refractivity contribution < 1.29 is 27.1 Å². The standard InChI is InChI=1S/C13H12F3N3O3S/c14-13(15,16)7-21-6-5-17-10(20)8-1-3-9(4-2-8)11-18-19-12(23)22-11/h1-4H,5-7H2,(H,17,20)(H,19,23). The van der Waals surface area contributed by atoms with Gasteiger partial charge in [-0.05, 0) is 36.5 Å². The van der Waals surface area contributed by atoms with Gasteiger partial charge in [-0.3, -0.25) is 4.79 Å². The monoisotopic (exact) mass is 347 g/mol. The van der Waals surface area contributed by atoms with Gasteiger partial charge in [-0.25, -0.2) is 5.10 Å². The molecule has 0 fully saturated rings. The van der Waals surface area contributed by atoms with Crippen LogP contribution in [0.5, 0.6) is 0 Å². The van der Waals surface area contributed by atoms with Gasteiger partial charge in [0.2, 0.25) is 5.89 Å². The molecule has 23 heavy (non-hydrogen) atoms. The number of carbonyl (C=O) groups is 1. The van der Waals surface area contributed by atoms with Gasteiger partial charge in [0.05, 0.1) is 6.61 Å². The lowest BCUT2D eigenvalue weighted by Gasteiger charge is -2.08. The van der Waals surface area contributed by atoms with Crippen LogP contribution in [0, 0.1) is 4.84 Å². The van der Waals surface area contributed by atoms with Crippen LogP contribution in [0.4, 0.5) is 13.2 Å². The highest BCUT2D eigenvalue weighted by Crippen LogP contribution is 2.17. The summed E-state index contributed by atoms with van der Waals surface area (Å²) >= 11 is 4.76. The van der Waals surface area contributed by atoms with Crippen molar-refractivity contribution in [1.82, 2.24) is 15.5 Å². The Labute approximate surface area is 133 Å². The van der Waals surface area contributed by atoms with Gasteiger partial charge >= 0.3 is 6.18 Å². The Morgan fingerprint density at radius 1 is 1.35 bits per heavy atom. The molecule has 10 heteroatoms. The van der Waals surface area contributed by atoms with Gasteiger partial charge < -0.3 is 14.5 Å². The first-order valence-corrected chi connectivity index (χ1v) is 6.84. The maximum Gasteiger partial charge on any atom is 0.411 e. The number of rotatable bonds is 6. The molecule has 0 unspecified atom stereocenters. The molecule has 124 valence electrons. The molecule has 0 aliphatic carbocycles. The van der Waals surface area contributed by atoms with E-state index in [2.05, 4.69) is 20.3 Å². The van der Waals surface area contributed by atoms with Crippen LogP contribution < -0.4 is 5.32 Å². The number of benzene rings is 1. The average Bonchev–Trinajstić information content (AvgIpc) is 2.92. The fourth-order valence-corrected chi connectivity index (χ4v) is 1.77. The molecule has 0 saturated heterocycles. The highest BCUT2D eigenvalue weighted by molar-refractivity contribution is 7.71. The quantitative estimate of drug-likeness (QED) is 0.620. The second kappa shape index (κ2) is 7.38. The zero-order chi connectivity index (χ0) is 16.9. The second-order valence-corrected chi connectivity index (χ2v) is 4.79. The smallest absolute Gasteiger partial charge is 0.409 e. The molecule has 6 nitrogen and oxygen atoms in total. The van der Waals surface area contributed by atoms with E-state index in [0.717, 1.165) is 0 Å². The topological polar surface area (TPSA) is 80.1 Å². The predicted molar refractivity (Wildman–Crippen MR) is 76.3 cm³/mol. The number of nitrogens with one attached hydrogen (secondary N) is 2. The maximum absolute atomic E-state index is 11.9. The number of aromatic nitrogens is 2. The van der Waals surface area contributed by atoms with Crippen molar-refractivity contribution in [2.24, 2.45) is 0 Å². The fourth-order valence-electron chi connectivity index (χ4n) is 1.64. The van der Waals surface area contributed by atoms with Gasteiger partial charge in [0.25, 0.3) is 10.7 Å². The van der Waals surface area contributed by atoms with Crippen molar-refractivity contribution in [1.29, 1.82) is 0 Å². The lowest BCUT2D eigenvalue weighted by Crippen LogP contribution is -2.28. The lowest BCUT2D eigenvalue weighted by atomic mass is 10.1. The summed E-state index contributed by atoms with van der Waals surface area (Å²) in [6.45, 7) is -1.59. The van der Waals surface area contributed by atoms with Gasteiger partial charge in [0, 0.05) is 17.7 Å². The van der Waals surface area contributed by atoms with Crippen LogP contribution in [0.25, 0.3) is 11.5 Å². The molecule has 0 spiro atoms. The number of aromatic amines is 1. The van der Waals surface area contributed by atoms with Gasteiger partial charge in [-0.1, -0.05) is 0 Å². The molecule has 2 aromatic rings. The number of alkyl halides is 3. The maximum atomic E-state index is 11.9. The van der Waals surface area contributed by atoms with E-state index < -0.39 is 18.7 Å². The second-order valence-electron chi connectivity index (χ2n) is 4.42. The number of carbonyl (C=O) groups excluding carboxylic acids is 1. The summed E-state index contributed by atoms with van der Waals surface area (Å²) in [5.41, 5.74) is 0.973. The molecule has 0 bridgehead atoms. The minimum absolute atomic E-state index is 0.0231. The Morgan fingerprint density at radius 2 is 2.04 bits per heavy atom. The van der Waals surface area contributed by atoms with E-state index >= 15 is 0 Å². The van der Waals surface area contributed by atoms with Crippen molar-refractivity contribution in [3.8, 4) is 11.5 Å². The average molecular weight is 347 g/mol. The highest BCUT2D eigenvalue weighted by atomic mass is 32.1. The number of H-pyrrole nitrogens is 1. The molecule has 1 amide bonds. The molecular formula is C13H12F3N3O3S. The van der Waals surface area contributed by atoms with Crippen LogP contribution in [0.1, 0.15) is 10.4 Å². The van der Waals surface area contributed by atoms with Crippen LogP contribution in [-0.2, 0) is 4.74 Å². The first-order chi connectivity index (χ1) is 10.8. The normalized spacial score (nSPS) is 11.4. The van der Waals surface area contributed by atoms with E-state index in [0.29, 0.717) is 17.0 Å². The number of amides is 1. The SMILES string of the molecule is O=C(NCCOCC(F)(F)F)c1ccc(-c2n[nH]c(=S)o2)cc1. The molecule has 0 saturated carbocycles. The number of halogens is 3. The van der Waals surface area contributed by atoms with E-state index in [1.165, 1.54) is 12.1 Å². The third kappa shape index (κ3) is 5.49. The molecule has 1 heterocycles. The molecule has 0 radical (unpaired) electrons. The predicted octanol–water partition coefficient (Wildman–Crippen LogP) is 2.71. The number of ether oxygens (including phenoxy) is 1. The minimum atomic E-state index is -4.37. The molecule has 1 aromatic carbocycles. The zero-order valence-electron chi connectivity index (χ0n) is 11.6. The summed E-state index contributed by atoms with van der Waals surface area (Å²) in [6.07, 6.45) is -4.37. The lowest BCUT2D eigenvalue weighted by molar-refractivity contribution is -0.173. The Kier molecular flexibility index (Phi) is 5.50. The molecule has 0 aliphatic rings. The van der Waals surface area contributed by atoms with Crippen molar-refractivity contribution in [2.75, 3.05) is 19.8 Å². The summed E-state index contributed by atoms with van der Waals surface area (Å²) in [7, 11) is 0. The number of hydrogen-bond donors (Lipinski definition) is 2. The van der Waals surface area contributed by atoms with E-state index in [1.807, 2.05) is 0 Å². The Balaban J connectivity index is 1.82. The third-order valence-electron chi connectivity index (χ3n) is 2.63. The Hall–Kier alpha value is -2.20. The molecule has 2 rings (SSSR count). The van der Waals surface area contributed by atoms with Crippen molar-refractivity contribution in [2.45, 2.75) is 6.18 Å². The van der Waals surface area contributed by atoms with Crippen molar-refractivity contribution in [3.63, 3.8) is 0 Å². The fraction of sp³-hybridized carbons (Fsp3) is 0.308. The number of hydrogen-bond acceptors (Lipinski definition) is 5. The summed E-state index contributed by atoms with van der Waals surface area (Å²) in [5.74, 6) is -0.127. The van der Waals surface area contributed by atoms with Gasteiger partial charge in [0.1, 0.15) is 6.61 Å². The first-order valence-electron chi connectivity index (χ1n) is 6.44. The van der Waals surface area contributed by atoms with Gasteiger partial charge in [0.15, 0.2) is 0 Å². The van der Waals surface area contributed by atoms with E-state index in [1.54, 1.807) is 12.1 Å². The van der Waals surface area contributed by atoms with Crippen LogP contribution in [0.2, 0.25) is 0 Å². The molecule has 0 aliphatic heterocycles. The minimum Gasteiger partial charge on any atom is -0.409 e. The largest absolute Gasteiger partial charge is 0.411 e. The first kappa shape index (κ1) is 17.2. The van der Waals surface area contributed by atoms with E-state index in [-0.39, 0.29) is 18.0 Å². The Bertz CT molecular complexity index is 709. The highest BCUT2D eigenvalue weighted by Gasteiger charge is 2.27. The van der Waals surface area contributed by atoms with Crippen LogP contribution in [-0.4, -0.2) is 42.0 Å². The Morgan fingerprint density at radius 3 is 2.61 bits per heavy atom. The van der Waals surface area contributed by atoms with E-state index in [9.17, 15) is 18.0 Å². The summed E-state index contributed by atoms with van der Waals surface area (Å²) in [4.78, 5) is 11.9. The van der Waals surface area contributed by atoms with Crippen LogP contribution in [0.3, 0.4) is 0 Å². The third-order valence-corrected chi connectivity index (χ3v) is 2.80. The number of nitrogens with zero attached hydrogens (tertiary/aromatic N) is 1. The molecule has 2 N–H and O–H groups in total. The van der Waals surface area contributed by atoms with Crippen molar-refractivity contribution in [3.05, 3.63) is 34.7 Å². The summed E-state index contributed by atoms with van der Waals surface area (Å²) < 4.78 is 45.1. The van der Waals surface area contributed by atoms with Crippen molar-refractivity contribution >= 4 is 18.1 Å².